The lowest BCUT2D eigenvalue weighted by molar-refractivity contribution is -0.133. The normalized spacial score (nSPS) is 23.5. The molecule has 144 valence electrons. The van der Waals surface area contributed by atoms with Gasteiger partial charge in [0.25, 0.3) is 0 Å². The molecule has 3 aliphatic rings. The monoisotopic (exact) mass is 417 g/mol. The van der Waals surface area contributed by atoms with Crippen LogP contribution in [0, 0.1) is 0 Å². The van der Waals surface area contributed by atoms with Crippen molar-refractivity contribution in [3.05, 3.63) is 29.3 Å². The van der Waals surface area contributed by atoms with Gasteiger partial charge in [-0.3, -0.25) is 10.1 Å². The van der Waals surface area contributed by atoms with Gasteiger partial charge in [0.2, 0.25) is 15.9 Å². The van der Waals surface area contributed by atoms with Crippen LogP contribution in [0.4, 0.5) is 0 Å². The minimum Gasteiger partial charge on any atom is -0.339 e. The summed E-state index contributed by atoms with van der Waals surface area (Å²) >= 11 is 1.72. The molecule has 1 aromatic rings. The van der Waals surface area contributed by atoms with E-state index in [2.05, 4.69) is 5.32 Å². The maximum absolute atomic E-state index is 12.9. The van der Waals surface area contributed by atoms with Crippen molar-refractivity contribution in [3.8, 4) is 0 Å². The van der Waals surface area contributed by atoms with Crippen molar-refractivity contribution >= 4 is 40.1 Å². The summed E-state index contributed by atoms with van der Waals surface area (Å²) in [5, 5.41) is 3.18. The van der Waals surface area contributed by atoms with Crippen LogP contribution in [0.2, 0.25) is 0 Å². The molecule has 2 saturated heterocycles. The number of hydrogen-bond donors (Lipinski definition) is 1. The minimum absolute atomic E-state index is 0. The Morgan fingerprint density at radius 3 is 2.54 bits per heavy atom. The number of fused-ring (bicyclic) bond motifs is 1. The van der Waals surface area contributed by atoms with Crippen molar-refractivity contribution in [2.75, 3.05) is 37.8 Å². The van der Waals surface area contributed by atoms with Gasteiger partial charge < -0.3 is 4.90 Å². The molecule has 1 atom stereocenters. The third kappa shape index (κ3) is 3.75. The Bertz CT molecular complexity index is 773. The Labute approximate surface area is 165 Å². The first-order valence-electron chi connectivity index (χ1n) is 8.77. The van der Waals surface area contributed by atoms with Gasteiger partial charge in [0, 0.05) is 37.8 Å². The van der Waals surface area contributed by atoms with Crippen molar-refractivity contribution in [1.82, 2.24) is 14.5 Å². The third-order valence-corrected chi connectivity index (χ3v) is 8.11. The molecule has 2 heterocycles. The molecule has 1 unspecified atom stereocenters. The number of nitrogens with one attached hydrogen (secondary N) is 1. The second kappa shape index (κ2) is 8.06. The van der Waals surface area contributed by atoms with Gasteiger partial charge in [-0.1, -0.05) is 6.07 Å². The lowest BCUT2D eigenvalue weighted by Crippen LogP contribution is -2.54. The van der Waals surface area contributed by atoms with Crippen LogP contribution in [-0.2, 0) is 27.7 Å². The van der Waals surface area contributed by atoms with Gasteiger partial charge in [-0.05, 0) is 42.5 Å². The molecule has 1 N–H and O–H groups in total. The summed E-state index contributed by atoms with van der Waals surface area (Å²) in [6, 6.07) is 5.41. The lowest BCUT2D eigenvalue weighted by atomic mass is 10.1. The van der Waals surface area contributed by atoms with Gasteiger partial charge in [0.15, 0.2) is 0 Å². The van der Waals surface area contributed by atoms with Crippen LogP contribution in [0.3, 0.4) is 0 Å². The van der Waals surface area contributed by atoms with Crippen LogP contribution < -0.4 is 5.32 Å². The second-order valence-corrected chi connectivity index (χ2v) is 9.75. The molecule has 0 bridgehead atoms. The van der Waals surface area contributed by atoms with E-state index in [1.807, 2.05) is 12.1 Å². The highest BCUT2D eigenvalue weighted by molar-refractivity contribution is 7.99. The number of rotatable bonds is 3. The quantitative estimate of drug-likeness (QED) is 0.797. The molecule has 0 spiro atoms. The molecule has 26 heavy (non-hydrogen) atoms. The van der Waals surface area contributed by atoms with Crippen molar-refractivity contribution in [3.63, 3.8) is 0 Å². The van der Waals surface area contributed by atoms with Gasteiger partial charge in [-0.2, -0.15) is 4.31 Å². The largest absolute Gasteiger partial charge is 0.339 e. The smallest absolute Gasteiger partial charge is 0.243 e. The van der Waals surface area contributed by atoms with Gasteiger partial charge >= 0.3 is 0 Å². The van der Waals surface area contributed by atoms with E-state index in [0.29, 0.717) is 31.1 Å². The van der Waals surface area contributed by atoms with Crippen molar-refractivity contribution in [1.29, 1.82) is 0 Å². The molecule has 0 radical (unpaired) electrons. The van der Waals surface area contributed by atoms with Gasteiger partial charge in [0.1, 0.15) is 0 Å². The maximum Gasteiger partial charge on any atom is 0.243 e. The van der Waals surface area contributed by atoms with Crippen LogP contribution in [0.15, 0.2) is 23.1 Å². The van der Waals surface area contributed by atoms with E-state index in [1.54, 1.807) is 22.7 Å². The number of carbonyl (C=O) groups excluding carboxylic acids is 1. The molecule has 6 nitrogen and oxygen atoms in total. The Kier molecular flexibility index (Phi) is 6.18. The fourth-order valence-corrected chi connectivity index (χ4v) is 6.19. The number of aryl methyl sites for hydroxylation is 2. The highest BCUT2D eigenvalue weighted by Gasteiger charge is 2.33. The summed E-state index contributed by atoms with van der Waals surface area (Å²) in [7, 11) is -3.48. The van der Waals surface area contributed by atoms with E-state index in [9.17, 15) is 13.2 Å². The highest BCUT2D eigenvalue weighted by atomic mass is 35.5. The topological polar surface area (TPSA) is 69.7 Å². The van der Waals surface area contributed by atoms with E-state index in [0.717, 1.165) is 30.9 Å². The molecular formula is C17H24ClN3O3S2. The van der Waals surface area contributed by atoms with Crippen LogP contribution in [0.5, 0.6) is 0 Å². The zero-order valence-corrected chi connectivity index (χ0v) is 17.0. The number of hydrogen-bond acceptors (Lipinski definition) is 5. The standard InChI is InChI=1S/C17H23N3O3S2.ClH/c21-17(16-11-24-12-18-16)19-6-8-20(9-7-19)25(22,23)15-5-4-13-2-1-3-14(13)10-15;/h4-5,10,16,18H,1-3,6-9,11-12H2;1H. The van der Waals surface area contributed by atoms with Crippen molar-refractivity contribution < 1.29 is 13.2 Å². The van der Waals surface area contributed by atoms with E-state index in [1.165, 1.54) is 15.4 Å². The van der Waals surface area contributed by atoms with E-state index < -0.39 is 10.0 Å². The number of benzene rings is 1. The Morgan fingerprint density at radius 2 is 1.85 bits per heavy atom. The first-order valence-corrected chi connectivity index (χ1v) is 11.4. The zero-order chi connectivity index (χ0) is 17.4. The Hall–Kier alpha value is -0.800. The number of carbonyl (C=O) groups is 1. The number of halogens is 1. The number of piperazine rings is 1. The maximum atomic E-state index is 12.9. The highest BCUT2D eigenvalue weighted by Crippen LogP contribution is 2.27. The van der Waals surface area contributed by atoms with E-state index in [-0.39, 0.29) is 24.4 Å². The predicted octanol–water partition coefficient (Wildman–Crippen LogP) is 1.09. The number of nitrogens with zero attached hydrogens (tertiary/aromatic N) is 2. The van der Waals surface area contributed by atoms with Crippen LogP contribution >= 0.6 is 24.2 Å². The lowest BCUT2D eigenvalue weighted by Gasteiger charge is -2.35. The van der Waals surface area contributed by atoms with Crippen molar-refractivity contribution in [2.45, 2.75) is 30.2 Å². The average Bonchev–Trinajstić information content (AvgIpc) is 3.32. The summed E-state index contributed by atoms with van der Waals surface area (Å²) in [5.74, 6) is 1.70. The van der Waals surface area contributed by atoms with E-state index >= 15 is 0 Å². The zero-order valence-electron chi connectivity index (χ0n) is 14.5. The molecule has 2 fully saturated rings. The molecule has 1 amide bonds. The summed E-state index contributed by atoms with van der Waals surface area (Å²) in [4.78, 5) is 14.6. The van der Waals surface area contributed by atoms with Crippen LogP contribution in [-0.4, -0.2) is 67.4 Å². The van der Waals surface area contributed by atoms with Gasteiger partial charge in [-0.15, -0.1) is 24.2 Å². The number of thioether (sulfide) groups is 1. The molecule has 0 saturated carbocycles. The fraction of sp³-hybridized carbons (Fsp3) is 0.588. The molecule has 9 heteroatoms. The van der Waals surface area contributed by atoms with Gasteiger partial charge in [0.05, 0.1) is 10.9 Å². The van der Waals surface area contributed by atoms with E-state index in [4.69, 9.17) is 0 Å². The molecule has 4 rings (SSSR count). The minimum atomic E-state index is -3.48. The summed E-state index contributed by atoms with van der Waals surface area (Å²) < 4.78 is 27.4. The third-order valence-electron chi connectivity index (χ3n) is 5.27. The van der Waals surface area contributed by atoms with Crippen molar-refractivity contribution in [2.24, 2.45) is 0 Å². The first-order chi connectivity index (χ1) is 12.1. The molecule has 0 aromatic heterocycles. The first kappa shape index (κ1) is 19.9. The SMILES string of the molecule is Cl.O=C(C1CSCN1)N1CCN(S(=O)(=O)c2ccc3c(c2)CCC3)CC1. The summed E-state index contributed by atoms with van der Waals surface area (Å²) in [6.45, 7) is 1.66. The Balaban J connectivity index is 0.00000196. The van der Waals surface area contributed by atoms with Crippen LogP contribution in [0.25, 0.3) is 0 Å². The van der Waals surface area contributed by atoms with Crippen LogP contribution in [0.1, 0.15) is 17.5 Å². The molecule has 1 aromatic carbocycles. The number of sulfonamides is 1. The summed E-state index contributed by atoms with van der Waals surface area (Å²) in [5.41, 5.74) is 2.44. The summed E-state index contributed by atoms with van der Waals surface area (Å²) in [6.07, 6.45) is 3.12. The number of amides is 1. The predicted molar refractivity (Wildman–Crippen MR) is 105 cm³/mol. The van der Waals surface area contributed by atoms with Gasteiger partial charge in [-0.25, -0.2) is 8.42 Å². The molecule has 2 aliphatic heterocycles. The average molecular weight is 418 g/mol. The molecular weight excluding hydrogens is 394 g/mol. The Morgan fingerprint density at radius 1 is 1.12 bits per heavy atom. The fourth-order valence-electron chi connectivity index (χ4n) is 3.78. The molecule has 1 aliphatic carbocycles. The second-order valence-electron chi connectivity index (χ2n) is 6.79.